The fourth-order valence-corrected chi connectivity index (χ4v) is 3.59. The number of cyclic esters (lactones) is 1. The highest BCUT2D eigenvalue weighted by atomic mass is 16.7. The number of hydrogen-bond donors (Lipinski definition) is 1. The summed E-state index contributed by atoms with van der Waals surface area (Å²) in [7, 11) is 1.45. The van der Waals surface area contributed by atoms with Gasteiger partial charge in [-0.25, -0.2) is 4.79 Å². The predicted molar refractivity (Wildman–Crippen MR) is 83.3 cm³/mol. The number of methoxy groups -OCH3 is 1. The van der Waals surface area contributed by atoms with Crippen molar-refractivity contribution in [2.75, 3.05) is 7.11 Å². The van der Waals surface area contributed by atoms with Crippen LogP contribution in [0.15, 0.2) is 47.4 Å². The monoisotopic (exact) mass is 327 g/mol. The Hall–Kier alpha value is -2.76. The van der Waals surface area contributed by atoms with E-state index in [1.165, 1.54) is 18.9 Å². The van der Waals surface area contributed by atoms with Crippen molar-refractivity contribution < 1.29 is 23.8 Å². The molecular weight excluding hydrogens is 310 g/mol. The maximum atomic E-state index is 12.3. The quantitative estimate of drug-likeness (QED) is 0.520. The molecule has 1 amide bonds. The lowest BCUT2D eigenvalue weighted by atomic mass is 9.97. The van der Waals surface area contributed by atoms with Gasteiger partial charge in [-0.15, -0.1) is 0 Å². The van der Waals surface area contributed by atoms with Gasteiger partial charge in [-0.2, -0.15) is 0 Å². The van der Waals surface area contributed by atoms with E-state index in [0.717, 1.165) is 12.0 Å². The number of ether oxygens (including phenoxy) is 3. The lowest BCUT2D eigenvalue weighted by molar-refractivity contribution is -0.155. The van der Waals surface area contributed by atoms with Gasteiger partial charge >= 0.3 is 12.3 Å². The molecule has 1 fully saturated rings. The van der Waals surface area contributed by atoms with Gasteiger partial charge in [-0.3, -0.25) is 4.79 Å². The first kappa shape index (κ1) is 14.8. The van der Waals surface area contributed by atoms with Gasteiger partial charge in [0.1, 0.15) is 0 Å². The molecule has 0 saturated carbocycles. The Bertz CT molecular complexity index is 794. The van der Waals surface area contributed by atoms with Gasteiger partial charge in [0.2, 0.25) is 0 Å². The van der Waals surface area contributed by atoms with Gasteiger partial charge < -0.3 is 19.5 Å². The molecule has 3 atom stereocenters. The molecule has 1 aromatic rings. The maximum Gasteiger partial charge on any atom is 0.340 e. The molecule has 6 nitrogen and oxygen atoms in total. The summed E-state index contributed by atoms with van der Waals surface area (Å²) in [5.41, 5.74) is 3.33. The van der Waals surface area contributed by atoms with Crippen molar-refractivity contribution in [2.45, 2.75) is 25.7 Å². The van der Waals surface area contributed by atoms with Crippen LogP contribution in [0.3, 0.4) is 0 Å². The molecule has 1 saturated heterocycles. The van der Waals surface area contributed by atoms with Gasteiger partial charge in [-0.05, 0) is 24.5 Å². The minimum absolute atomic E-state index is 0.0196. The van der Waals surface area contributed by atoms with Crippen LogP contribution >= 0.6 is 0 Å². The summed E-state index contributed by atoms with van der Waals surface area (Å²) in [5.74, 6) is -0.259. The molecule has 24 heavy (non-hydrogen) atoms. The van der Waals surface area contributed by atoms with Crippen LogP contribution in [-0.4, -0.2) is 25.3 Å². The number of hydrogen-bond acceptors (Lipinski definition) is 5. The van der Waals surface area contributed by atoms with E-state index in [-0.39, 0.29) is 17.9 Å². The first-order chi connectivity index (χ1) is 11.6. The molecule has 4 rings (SSSR count). The molecule has 2 aliphatic heterocycles. The molecule has 0 aromatic heterocycles. The summed E-state index contributed by atoms with van der Waals surface area (Å²) >= 11 is 0. The highest BCUT2D eigenvalue weighted by molar-refractivity contribution is 5.97. The molecule has 0 unspecified atom stereocenters. The molecule has 2 heterocycles. The van der Waals surface area contributed by atoms with Crippen LogP contribution in [0.1, 0.15) is 24.1 Å². The zero-order valence-corrected chi connectivity index (χ0v) is 13.4. The van der Waals surface area contributed by atoms with Crippen molar-refractivity contribution in [2.24, 2.45) is 5.92 Å². The summed E-state index contributed by atoms with van der Waals surface area (Å²) < 4.78 is 15.8. The number of carbonyl (C=O) groups excluding carboxylic acids is 2. The minimum atomic E-state index is -0.939. The Morgan fingerprint density at radius 2 is 2.08 bits per heavy atom. The molecule has 124 valence electrons. The minimum Gasteiger partial charge on any atom is -0.493 e. The average molecular weight is 327 g/mol. The van der Waals surface area contributed by atoms with Crippen molar-refractivity contribution in [3.05, 3.63) is 58.6 Å². The molecule has 3 aliphatic rings. The van der Waals surface area contributed by atoms with E-state index in [4.69, 9.17) is 14.2 Å². The molecule has 1 N–H and O–H groups in total. The second kappa shape index (κ2) is 5.40. The van der Waals surface area contributed by atoms with E-state index < -0.39 is 12.3 Å². The number of carbonyl (C=O) groups is 2. The zero-order valence-electron chi connectivity index (χ0n) is 13.4. The number of nitrogens with one attached hydrogen (secondary N) is 1. The fraction of sp³-hybridized carbons (Fsp3) is 0.333. The van der Waals surface area contributed by atoms with E-state index in [9.17, 15) is 9.59 Å². The molecule has 0 spiro atoms. The van der Waals surface area contributed by atoms with Crippen LogP contribution < -0.4 is 5.32 Å². The van der Waals surface area contributed by atoms with Crippen LogP contribution in [0.5, 0.6) is 0 Å². The SMILES string of the molecule is COC1=C(C)C(=O)O[C@H]1O/C=C1/C(=O)N[C@@H]2c3ccccc3C[C@H]12. The molecule has 1 aromatic carbocycles. The molecule has 6 heteroatoms. The number of benzene rings is 1. The van der Waals surface area contributed by atoms with E-state index in [0.29, 0.717) is 16.9 Å². The zero-order chi connectivity index (χ0) is 16.8. The second-order valence-electron chi connectivity index (χ2n) is 6.10. The Kier molecular flexibility index (Phi) is 3.33. The highest BCUT2D eigenvalue weighted by Crippen LogP contribution is 2.44. The molecule has 0 radical (unpaired) electrons. The van der Waals surface area contributed by atoms with E-state index in [1.807, 2.05) is 18.2 Å². The third-order valence-corrected chi connectivity index (χ3v) is 4.82. The first-order valence-electron chi connectivity index (χ1n) is 7.80. The van der Waals surface area contributed by atoms with Crippen LogP contribution in [0.2, 0.25) is 0 Å². The van der Waals surface area contributed by atoms with Gasteiger partial charge in [0, 0.05) is 5.92 Å². The standard InChI is InChI=1S/C18H17NO5/c1-9-15(22-2)18(24-17(9)21)23-8-13-12-7-10-5-3-4-6-11(10)14(12)19-16(13)20/h3-6,8,12,14,18H,7H2,1-2H3,(H,19,20)/b13-8+/t12-,14-,18-/m1/s1. The predicted octanol–water partition coefficient (Wildman–Crippen LogP) is 1.73. The van der Waals surface area contributed by atoms with Gasteiger partial charge in [0.25, 0.3) is 5.91 Å². The number of fused-ring (bicyclic) bond motifs is 3. The number of rotatable bonds is 3. The van der Waals surface area contributed by atoms with Crippen LogP contribution in [-0.2, 0) is 30.2 Å². The summed E-state index contributed by atoms with van der Waals surface area (Å²) in [6.07, 6.45) is 1.25. The van der Waals surface area contributed by atoms with Crippen LogP contribution in [0, 0.1) is 5.92 Å². The van der Waals surface area contributed by atoms with E-state index >= 15 is 0 Å². The normalized spacial score (nSPS) is 29.4. The van der Waals surface area contributed by atoms with E-state index in [1.54, 1.807) is 6.92 Å². The third kappa shape index (κ3) is 2.10. The summed E-state index contributed by atoms with van der Waals surface area (Å²) in [5, 5.41) is 3.00. The van der Waals surface area contributed by atoms with Crippen molar-refractivity contribution in [3.63, 3.8) is 0 Å². The van der Waals surface area contributed by atoms with Crippen molar-refractivity contribution in [3.8, 4) is 0 Å². The lowest BCUT2D eigenvalue weighted by Gasteiger charge is -2.14. The van der Waals surface area contributed by atoms with E-state index in [2.05, 4.69) is 11.4 Å². The van der Waals surface area contributed by atoms with Gasteiger partial charge in [0.05, 0.1) is 30.6 Å². The van der Waals surface area contributed by atoms with Crippen molar-refractivity contribution >= 4 is 11.9 Å². The Balaban J connectivity index is 1.56. The summed E-state index contributed by atoms with van der Waals surface area (Å²) in [4.78, 5) is 23.9. The third-order valence-electron chi connectivity index (χ3n) is 4.82. The topological polar surface area (TPSA) is 73.9 Å². The number of esters is 1. The summed E-state index contributed by atoms with van der Waals surface area (Å²) in [6, 6.07) is 8.07. The molecule has 1 aliphatic carbocycles. The summed E-state index contributed by atoms with van der Waals surface area (Å²) in [6.45, 7) is 1.61. The first-order valence-corrected chi connectivity index (χ1v) is 7.80. The van der Waals surface area contributed by atoms with Crippen LogP contribution in [0.4, 0.5) is 0 Å². The lowest BCUT2D eigenvalue weighted by Crippen LogP contribution is -2.19. The molecular formula is C18H17NO5. The smallest absolute Gasteiger partial charge is 0.340 e. The van der Waals surface area contributed by atoms with Gasteiger partial charge in [0.15, 0.2) is 5.76 Å². The highest BCUT2D eigenvalue weighted by Gasteiger charge is 2.44. The Labute approximate surface area is 139 Å². The number of amides is 1. The fourth-order valence-electron chi connectivity index (χ4n) is 3.59. The average Bonchev–Trinajstić information content (AvgIpc) is 3.16. The molecule has 0 bridgehead atoms. The van der Waals surface area contributed by atoms with Crippen molar-refractivity contribution in [1.82, 2.24) is 5.32 Å². The Morgan fingerprint density at radius 1 is 1.29 bits per heavy atom. The maximum absolute atomic E-state index is 12.3. The Morgan fingerprint density at radius 3 is 2.88 bits per heavy atom. The van der Waals surface area contributed by atoms with Gasteiger partial charge in [-0.1, -0.05) is 24.3 Å². The largest absolute Gasteiger partial charge is 0.493 e. The second-order valence-corrected chi connectivity index (χ2v) is 6.10. The van der Waals surface area contributed by atoms with Crippen molar-refractivity contribution in [1.29, 1.82) is 0 Å². The van der Waals surface area contributed by atoms with Crippen LogP contribution in [0.25, 0.3) is 0 Å².